The molecule has 0 saturated heterocycles. The minimum atomic E-state index is -0.809. The molecule has 0 aromatic heterocycles. The Morgan fingerprint density at radius 2 is 1.70 bits per heavy atom. The van der Waals surface area contributed by atoms with Gasteiger partial charge in [-0.05, 0) is 54.2 Å². The molecule has 1 aliphatic carbocycles. The van der Waals surface area contributed by atoms with Crippen molar-refractivity contribution in [2.75, 3.05) is 0 Å². The van der Waals surface area contributed by atoms with Crippen LogP contribution in [0, 0.1) is 6.92 Å². The van der Waals surface area contributed by atoms with Gasteiger partial charge in [-0.25, -0.2) is 4.79 Å². The number of carbonyl (C=O) groups is 1. The molecule has 0 bridgehead atoms. The first kappa shape index (κ1) is 12.7. The molecule has 0 heterocycles. The number of aliphatic carboxylic acids is 1. The van der Waals surface area contributed by atoms with Gasteiger partial charge in [-0.3, -0.25) is 0 Å². The van der Waals surface area contributed by atoms with Crippen molar-refractivity contribution >= 4 is 12.0 Å². The van der Waals surface area contributed by atoms with Crippen molar-refractivity contribution in [1.82, 2.24) is 0 Å². The Labute approximate surface area is 118 Å². The topological polar surface area (TPSA) is 37.3 Å². The fourth-order valence-electron chi connectivity index (χ4n) is 2.58. The molecule has 2 heteroatoms. The number of hydrogen-bond acceptors (Lipinski definition) is 1. The van der Waals surface area contributed by atoms with Crippen LogP contribution in [-0.2, 0) is 11.2 Å². The first-order chi connectivity index (χ1) is 9.63. The molecule has 20 heavy (non-hydrogen) atoms. The largest absolute Gasteiger partial charge is 0.478 e. The van der Waals surface area contributed by atoms with Gasteiger partial charge < -0.3 is 5.11 Å². The standard InChI is InChI=1S/C18H16O2/c1-12-2-4-13(5-3-12)15-8-6-14-7-9-16(18(19)20)11-17(14)10-15/h2-6,8,10-11H,7,9H2,1H3,(H,19,20). The SMILES string of the molecule is Cc1ccc(-c2ccc3c(c2)C=C(C(=O)O)CC3)cc1. The number of rotatable bonds is 2. The van der Waals surface area contributed by atoms with E-state index in [-0.39, 0.29) is 0 Å². The van der Waals surface area contributed by atoms with Crippen LogP contribution in [-0.4, -0.2) is 11.1 Å². The quantitative estimate of drug-likeness (QED) is 0.887. The highest BCUT2D eigenvalue weighted by molar-refractivity contribution is 5.93. The van der Waals surface area contributed by atoms with Crippen LogP contribution >= 0.6 is 0 Å². The minimum absolute atomic E-state index is 0.499. The summed E-state index contributed by atoms with van der Waals surface area (Å²) in [4.78, 5) is 11.1. The number of aryl methyl sites for hydroxylation is 2. The lowest BCUT2D eigenvalue weighted by Crippen LogP contribution is -2.07. The third-order valence-electron chi connectivity index (χ3n) is 3.80. The smallest absolute Gasteiger partial charge is 0.331 e. The zero-order valence-corrected chi connectivity index (χ0v) is 11.4. The maximum absolute atomic E-state index is 11.1. The van der Waals surface area contributed by atoms with Gasteiger partial charge in [-0.15, -0.1) is 0 Å². The van der Waals surface area contributed by atoms with Crippen LogP contribution in [0.25, 0.3) is 17.2 Å². The first-order valence-electron chi connectivity index (χ1n) is 6.77. The van der Waals surface area contributed by atoms with Crippen LogP contribution in [0.15, 0.2) is 48.0 Å². The minimum Gasteiger partial charge on any atom is -0.478 e. The second-order valence-corrected chi connectivity index (χ2v) is 5.25. The Morgan fingerprint density at radius 3 is 2.40 bits per heavy atom. The van der Waals surface area contributed by atoms with Gasteiger partial charge >= 0.3 is 5.97 Å². The van der Waals surface area contributed by atoms with Crippen molar-refractivity contribution in [2.24, 2.45) is 0 Å². The number of carboxylic acid groups (broad SMARTS) is 1. The molecular weight excluding hydrogens is 248 g/mol. The summed E-state index contributed by atoms with van der Waals surface area (Å²) in [5.41, 5.74) is 6.29. The number of fused-ring (bicyclic) bond motifs is 1. The van der Waals surface area contributed by atoms with Gasteiger partial charge in [0.25, 0.3) is 0 Å². The van der Waals surface area contributed by atoms with Crippen molar-refractivity contribution in [2.45, 2.75) is 19.8 Å². The summed E-state index contributed by atoms with van der Waals surface area (Å²) in [6.45, 7) is 2.07. The molecule has 3 rings (SSSR count). The zero-order chi connectivity index (χ0) is 14.1. The van der Waals surface area contributed by atoms with Crippen molar-refractivity contribution < 1.29 is 9.90 Å². The van der Waals surface area contributed by atoms with E-state index >= 15 is 0 Å². The van der Waals surface area contributed by atoms with E-state index < -0.39 is 5.97 Å². The Bertz CT molecular complexity index is 694. The molecule has 1 N–H and O–H groups in total. The number of benzene rings is 2. The van der Waals surface area contributed by atoms with Crippen LogP contribution in [0.3, 0.4) is 0 Å². The average molecular weight is 264 g/mol. The number of hydrogen-bond donors (Lipinski definition) is 1. The van der Waals surface area contributed by atoms with Crippen LogP contribution < -0.4 is 0 Å². The zero-order valence-electron chi connectivity index (χ0n) is 11.4. The third-order valence-corrected chi connectivity index (χ3v) is 3.80. The fourth-order valence-corrected chi connectivity index (χ4v) is 2.58. The molecular formula is C18H16O2. The molecule has 100 valence electrons. The maximum atomic E-state index is 11.1. The van der Waals surface area contributed by atoms with E-state index in [2.05, 4.69) is 49.4 Å². The van der Waals surface area contributed by atoms with Crippen molar-refractivity contribution in [3.63, 3.8) is 0 Å². The Morgan fingerprint density at radius 1 is 1.00 bits per heavy atom. The lowest BCUT2D eigenvalue weighted by molar-refractivity contribution is -0.132. The van der Waals surface area contributed by atoms with Crippen LogP contribution in [0.4, 0.5) is 0 Å². The highest BCUT2D eigenvalue weighted by Gasteiger charge is 2.15. The van der Waals surface area contributed by atoms with Crippen LogP contribution in [0.1, 0.15) is 23.1 Å². The lowest BCUT2D eigenvalue weighted by Gasteiger charge is -2.15. The lowest BCUT2D eigenvalue weighted by atomic mass is 9.89. The van der Waals surface area contributed by atoms with Gasteiger partial charge in [0, 0.05) is 5.57 Å². The van der Waals surface area contributed by atoms with Crippen molar-refractivity contribution in [1.29, 1.82) is 0 Å². The molecule has 0 saturated carbocycles. The molecule has 0 spiro atoms. The fraction of sp³-hybridized carbons (Fsp3) is 0.167. The predicted molar refractivity (Wildman–Crippen MR) is 80.5 cm³/mol. The van der Waals surface area contributed by atoms with Crippen molar-refractivity contribution in [3.05, 3.63) is 64.7 Å². The monoisotopic (exact) mass is 264 g/mol. The molecule has 0 unspecified atom stereocenters. The van der Waals surface area contributed by atoms with Gasteiger partial charge in [-0.2, -0.15) is 0 Å². The molecule has 0 atom stereocenters. The van der Waals surface area contributed by atoms with Gasteiger partial charge in [-0.1, -0.05) is 42.0 Å². The highest BCUT2D eigenvalue weighted by Crippen LogP contribution is 2.29. The first-order valence-corrected chi connectivity index (χ1v) is 6.77. The van der Waals surface area contributed by atoms with Gasteiger partial charge in [0.1, 0.15) is 0 Å². The summed E-state index contributed by atoms with van der Waals surface area (Å²) in [6.07, 6.45) is 3.23. The highest BCUT2D eigenvalue weighted by atomic mass is 16.4. The predicted octanol–water partition coefficient (Wildman–Crippen LogP) is 4.08. The molecule has 0 fully saturated rings. The molecule has 2 aromatic rings. The molecule has 1 aliphatic rings. The van der Waals surface area contributed by atoms with E-state index in [0.29, 0.717) is 12.0 Å². The summed E-state index contributed by atoms with van der Waals surface area (Å²) in [5, 5.41) is 9.11. The Kier molecular flexibility index (Phi) is 3.15. The van der Waals surface area contributed by atoms with Gasteiger partial charge in [0.2, 0.25) is 0 Å². The normalized spacial score (nSPS) is 13.6. The van der Waals surface area contributed by atoms with E-state index in [0.717, 1.165) is 23.1 Å². The van der Waals surface area contributed by atoms with Crippen LogP contribution in [0.2, 0.25) is 0 Å². The second-order valence-electron chi connectivity index (χ2n) is 5.25. The van der Waals surface area contributed by atoms with Gasteiger partial charge in [0.05, 0.1) is 0 Å². The Balaban J connectivity index is 2.03. The molecule has 2 nitrogen and oxygen atoms in total. The van der Waals surface area contributed by atoms with Gasteiger partial charge in [0.15, 0.2) is 0 Å². The second kappa shape index (κ2) is 4.97. The van der Waals surface area contributed by atoms with E-state index in [4.69, 9.17) is 5.11 Å². The Hall–Kier alpha value is -2.35. The van der Waals surface area contributed by atoms with Crippen molar-refractivity contribution in [3.8, 4) is 11.1 Å². The summed E-state index contributed by atoms with van der Waals surface area (Å²) in [5.74, 6) is -0.809. The van der Waals surface area contributed by atoms with E-state index in [1.165, 1.54) is 11.1 Å². The summed E-state index contributed by atoms with van der Waals surface area (Å²) in [7, 11) is 0. The van der Waals surface area contributed by atoms with E-state index in [1.54, 1.807) is 6.08 Å². The maximum Gasteiger partial charge on any atom is 0.331 e. The summed E-state index contributed by atoms with van der Waals surface area (Å²) in [6, 6.07) is 14.7. The third kappa shape index (κ3) is 2.37. The molecule has 2 aromatic carbocycles. The molecule has 0 amide bonds. The average Bonchev–Trinajstić information content (AvgIpc) is 2.47. The molecule has 0 aliphatic heterocycles. The summed E-state index contributed by atoms with van der Waals surface area (Å²) >= 11 is 0. The van der Waals surface area contributed by atoms with E-state index in [9.17, 15) is 4.79 Å². The van der Waals surface area contributed by atoms with E-state index in [1.807, 2.05) is 0 Å². The number of carboxylic acids is 1. The van der Waals surface area contributed by atoms with Crippen LogP contribution in [0.5, 0.6) is 0 Å². The summed E-state index contributed by atoms with van der Waals surface area (Å²) < 4.78 is 0. The molecule has 0 radical (unpaired) electrons.